The van der Waals surface area contributed by atoms with E-state index in [-0.39, 0.29) is 0 Å². The SMILES string of the molecule is Cc1cc(C)c2c(n1)sc1c2nnn2c3ccccc3nc12. The van der Waals surface area contributed by atoms with Crippen LogP contribution in [-0.2, 0) is 0 Å². The summed E-state index contributed by atoms with van der Waals surface area (Å²) < 4.78 is 2.86. The molecule has 4 aromatic heterocycles. The average Bonchev–Trinajstić information content (AvgIpc) is 3.04. The van der Waals surface area contributed by atoms with Crippen LogP contribution < -0.4 is 0 Å². The van der Waals surface area contributed by atoms with Gasteiger partial charge in [0.15, 0.2) is 5.65 Å². The van der Waals surface area contributed by atoms with Crippen LogP contribution in [0.15, 0.2) is 30.3 Å². The Hall–Kier alpha value is -2.60. The van der Waals surface area contributed by atoms with Crippen molar-refractivity contribution in [3.8, 4) is 0 Å². The first-order chi connectivity index (χ1) is 10.7. The summed E-state index contributed by atoms with van der Waals surface area (Å²) in [5.41, 5.74) is 5.87. The van der Waals surface area contributed by atoms with Gasteiger partial charge in [0.25, 0.3) is 0 Å². The van der Waals surface area contributed by atoms with Gasteiger partial charge in [0.1, 0.15) is 15.0 Å². The summed E-state index contributed by atoms with van der Waals surface area (Å²) in [5, 5.41) is 9.91. The highest BCUT2D eigenvalue weighted by Crippen LogP contribution is 2.35. The number of thiophene rings is 1. The third-order valence-electron chi connectivity index (χ3n) is 3.94. The largest absolute Gasteiger partial charge is 0.242 e. The highest BCUT2D eigenvalue weighted by molar-refractivity contribution is 7.26. The second-order valence-corrected chi connectivity index (χ2v) is 6.46. The van der Waals surface area contributed by atoms with E-state index in [0.29, 0.717) is 0 Å². The van der Waals surface area contributed by atoms with Gasteiger partial charge in [0.05, 0.1) is 11.0 Å². The maximum Gasteiger partial charge on any atom is 0.176 e. The van der Waals surface area contributed by atoms with Crippen molar-refractivity contribution in [2.24, 2.45) is 0 Å². The van der Waals surface area contributed by atoms with Gasteiger partial charge in [0.2, 0.25) is 0 Å². The van der Waals surface area contributed by atoms with Crippen LogP contribution in [0.3, 0.4) is 0 Å². The number of imidazole rings is 1. The maximum atomic E-state index is 4.73. The second-order valence-electron chi connectivity index (χ2n) is 5.47. The van der Waals surface area contributed by atoms with Crippen molar-refractivity contribution >= 4 is 48.5 Å². The smallest absolute Gasteiger partial charge is 0.176 e. The fraction of sp³-hybridized carbons (Fsp3) is 0.125. The summed E-state index contributed by atoms with van der Waals surface area (Å²) in [6.07, 6.45) is 0. The zero-order valence-corrected chi connectivity index (χ0v) is 12.8. The van der Waals surface area contributed by atoms with Crippen LogP contribution in [0.1, 0.15) is 11.3 Å². The minimum Gasteiger partial charge on any atom is -0.242 e. The van der Waals surface area contributed by atoms with Gasteiger partial charge in [-0.2, -0.15) is 4.52 Å². The lowest BCUT2D eigenvalue weighted by molar-refractivity contribution is 0.853. The monoisotopic (exact) mass is 305 g/mol. The van der Waals surface area contributed by atoms with Gasteiger partial charge in [-0.3, -0.25) is 0 Å². The number of fused-ring (bicyclic) bond motifs is 7. The lowest BCUT2D eigenvalue weighted by atomic mass is 10.1. The second kappa shape index (κ2) is 3.98. The summed E-state index contributed by atoms with van der Waals surface area (Å²) in [6.45, 7) is 4.11. The van der Waals surface area contributed by atoms with E-state index in [4.69, 9.17) is 4.98 Å². The minimum absolute atomic E-state index is 0.853. The van der Waals surface area contributed by atoms with Gasteiger partial charge in [-0.25, -0.2) is 9.97 Å². The molecule has 0 amide bonds. The molecule has 5 aromatic rings. The van der Waals surface area contributed by atoms with Gasteiger partial charge in [-0.15, -0.1) is 16.4 Å². The number of hydrogen-bond acceptors (Lipinski definition) is 5. The van der Waals surface area contributed by atoms with E-state index in [1.165, 1.54) is 5.56 Å². The first-order valence-electron chi connectivity index (χ1n) is 7.03. The Morgan fingerprint density at radius 1 is 1.09 bits per heavy atom. The average molecular weight is 305 g/mol. The Morgan fingerprint density at radius 3 is 2.86 bits per heavy atom. The van der Waals surface area contributed by atoms with Crippen molar-refractivity contribution in [3.63, 3.8) is 0 Å². The molecule has 0 aliphatic rings. The van der Waals surface area contributed by atoms with Crippen molar-refractivity contribution in [2.75, 3.05) is 0 Å². The Labute approximate surface area is 129 Å². The number of para-hydroxylation sites is 2. The Balaban J connectivity index is 2.06. The third kappa shape index (κ3) is 1.42. The van der Waals surface area contributed by atoms with E-state index in [1.54, 1.807) is 11.3 Å². The lowest BCUT2D eigenvalue weighted by Crippen LogP contribution is -1.95. The molecule has 0 saturated heterocycles. The Kier molecular flexibility index (Phi) is 2.17. The highest BCUT2D eigenvalue weighted by Gasteiger charge is 2.16. The molecule has 0 atom stereocenters. The first-order valence-corrected chi connectivity index (χ1v) is 7.84. The zero-order chi connectivity index (χ0) is 14.8. The molecular formula is C16H11N5S. The van der Waals surface area contributed by atoms with Gasteiger partial charge >= 0.3 is 0 Å². The number of pyridine rings is 1. The number of rotatable bonds is 0. The Bertz CT molecular complexity index is 1200. The van der Waals surface area contributed by atoms with Crippen LogP contribution in [0.2, 0.25) is 0 Å². The molecule has 4 heterocycles. The van der Waals surface area contributed by atoms with Crippen LogP contribution in [0.25, 0.3) is 37.1 Å². The van der Waals surface area contributed by atoms with E-state index in [1.807, 2.05) is 35.7 Å². The third-order valence-corrected chi connectivity index (χ3v) is 5.01. The van der Waals surface area contributed by atoms with E-state index in [0.717, 1.165) is 42.8 Å². The normalized spacial score (nSPS) is 12.1. The zero-order valence-electron chi connectivity index (χ0n) is 12.0. The van der Waals surface area contributed by atoms with Gasteiger partial charge in [0, 0.05) is 11.1 Å². The summed E-state index contributed by atoms with van der Waals surface area (Å²) >= 11 is 1.64. The van der Waals surface area contributed by atoms with Crippen molar-refractivity contribution in [1.29, 1.82) is 0 Å². The number of hydrogen-bond donors (Lipinski definition) is 0. The molecule has 0 fully saturated rings. The molecule has 1 aromatic carbocycles. The number of nitrogens with zero attached hydrogens (tertiary/aromatic N) is 5. The highest BCUT2D eigenvalue weighted by atomic mass is 32.1. The van der Waals surface area contributed by atoms with Gasteiger partial charge in [-0.1, -0.05) is 17.3 Å². The van der Waals surface area contributed by atoms with Crippen LogP contribution in [0, 0.1) is 13.8 Å². The summed E-state index contributed by atoms with van der Waals surface area (Å²) in [4.78, 5) is 10.4. The fourth-order valence-electron chi connectivity index (χ4n) is 3.01. The molecule has 0 saturated carbocycles. The number of benzene rings is 1. The molecule has 6 heteroatoms. The molecule has 22 heavy (non-hydrogen) atoms. The summed E-state index contributed by atoms with van der Waals surface area (Å²) in [6, 6.07) is 10.1. The number of aromatic nitrogens is 5. The summed E-state index contributed by atoms with van der Waals surface area (Å²) in [5.74, 6) is 0. The van der Waals surface area contributed by atoms with Crippen LogP contribution in [0.4, 0.5) is 0 Å². The van der Waals surface area contributed by atoms with Crippen LogP contribution in [0.5, 0.6) is 0 Å². The molecule has 0 radical (unpaired) electrons. The maximum absolute atomic E-state index is 4.73. The van der Waals surface area contributed by atoms with Gasteiger partial charge in [-0.05, 0) is 37.6 Å². The molecule has 5 rings (SSSR count). The van der Waals surface area contributed by atoms with E-state index >= 15 is 0 Å². The van der Waals surface area contributed by atoms with Gasteiger partial charge < -0.3 is 0 Å². The quantitative estimate of drug-likeness (QED) is 0.438. The molecule has 0 spiro atoms. The van der Waals surface area contributed by atoms with Crippen LogP contribution in [-0.4, -0.2) is 24.8 Å². The van der Waals surface area contributed by atoms with Crippen molar-refractivity contribution < 1.29 is 0 Å². The molecule has 106 valence electrons. The predicted molar refractivity (Wildman–Crippen MR) is 88.4 cm³/mol. The van der Waals surface area contributed by atoms with E-state index < -0.39 is 0 Å². The topological polar surface area (TPSA) is 56.0 Å². The standard InChI is InChI=1S/C16H11N5S/c1-8-7-9(2)17-16-12(8)13-14(22-16)15-18-10-5-3-4-6-11(10)21(15)20-19-13/h3-7H,1-2H3. The molecule has 0 unspecified atom stereocenters. The predicted octanol–water partition coefficient (Wildman–Crippen LogP) is 3.66. The van der Waals surface area contributed by atoms with E-state index in [9.17, 15) is 0 Å². The minimum atomic E-state index is 0.853. The molecule has 0 bridgehead atoms. The van der Waals surface area contributed by atoms with Crippen LogP contribution >= 0.6 is 11.3 Å². The van der Waals surface area contributed by atoms with Crippen molar-refractivity contribution in [2.45, 2.75) is 13.8 Å². The first kappa shape index (κ1) is 12.0. The number of aryl methyl sites for hydroxylation is 2. The molecule has 5 nitrogen and oxygen atoms in total. The fourth-order valence-corrected chi connectivity index (χ4v) is 4.22. The van der Waals surface area contributed by atoms with Crippen molar-refractivity contribution in [3.05, 3.63) is 41.6 Å². The molecule has 0 aliphatic heterocycles. The van der Waals surface area contributed by atoms with Crippen molar-refractivity contribution in [1.82, 2.24) is 24.8 Å². The summed E-state index contributed by atoms with van der Waals surface area (Å²) in [7, 11) is 0. The van der Waals surface area contributed by atoms with E-state index in [2.05, 4.69) is 28.3 Å². The Morgan fingerprint density at radius 2 is 1.95 bits per heavy atom. The molecule has 0 N–H and O–H groups in total. The molecular weight excluding hydrogens is 294 g/mol. The molecule has 0 aliphatic carbocycles. The lowest BCUT2D eigenvalue weighted by Gasteiger charge is -1.98.